The lowest BCUT2D eigenvalue weighted by Crippen LogP contribution is -2.33. The van der Waals surface area contributed by atoms with Gasteiger partial charge in [-0.2, -0.15) is 0 Å². The number of likely N-dealkylation sites (N-methyl/N-ethyl adjacent to an activating group) is 1. The predicted octanol–water partition coefficient (Wildman–Crippen LogP) is 4.73. The maximum atomic E-state index is 4.38. The van der Waals surface area contributed by atoms with Gasteiger partial charge in [-0.15, -0.1) is 0 Å². The van der Waals surface area contributed by atoms with E-state index in [1.54, 1.807) is 5.56 Å². The highest BCUT2D eigenvalue weighted by Gasteiger charge is 2.39. The molecule has 2 aliphatic heterocycles. The quantitative estimate of drug-likeness (QED) is 0.737. The van der Waals surface area contributed by atoms with Crippen LogP contribution in [0.4, 0.5) is 0 Å². The minimum Gasteiger partial charge on any atom is -0.358 e. The first-order chi connectivity index (χ1) is 12.2. The second kappa shape index (κ2) is 5.57. The molecule has 0 radical (unpaired) electrons. The summed E-state index contributed by atoms with van der Waals surface area (Å²) in [6.45, 7) is 2.02. The van der Waals surface area contributed by atoms with Gasteiger partial charge in [0.25, 0.3) is 0 Å². The highest BCUT2D eigenvalue weighted by molar-refractivity contribution is 5.94. The number of hydrogen-bond acceptors (Lipinski definition) is 2. The van der Waals surface area contributed by atoms with Gasteiger partial charge in [-0.1, -0.05) is 36.4 Å². The standard InChI is InChI=1S/C22H23N3/c1-14-6-7-15(13-23-14)8-9-16-4-3-5-18-21-19(24-22(16)18)12-17-10-11-20(21)25(17)2/h3-9,13,17,20,24H,10-12H2,1-2H3/b9-8+/t17-,20+/m0/s1. The Labute approximate surface area is 148 Å². The van der Waals surface area contributed by atoms with Crippen molar-refractivity contribution in [2.24, 2.45) is 0 Å². The summed E-state index contributed by atoms with van der Waals surface area (Å²) < 4.78 is 0. The van der Waals surface area contributed by atoms with Gasteiger partial charge in [0, 0.05) is 41.5 Å². The molecule has 0 amide bonds. The Balaban J connectivity index is 1.58. The molecular formula is C22H23N3. The molecule has 2 aromatic heterocycles. The maximum absolute atomic E-state index is 4.38. The molecule has 0 aliphatic carbocycles. The first kappa shape index (κ1) is 14.9. The van der Waals surface area contributed by atoms with E-state index in [9.17, 15) is 0 Å². The number of fused-ring (bicyclic) bond motifs is 6. The van der Waals surface area contributed by atoms with Crippen LogP contribution in [-0.4, -0.2) is 28.0 Å². The number of pyridine rings is 1. The largest absolute Gasteiger partial charge is 0.358 e. The van der Waals surface area contributed by atoms with Crippen molar-refractivity contribution in [2.75, 3.05) is 7.05 Å². The van der Waals surface area contributed by atoms with E-state index in [4.69, 9.17) is 0 Å². The number of para-hydroxylation sites is 1. The Hall–Kier alpha value is -2.39. The molecule has 2 atom stereocenters. The number of nitrogens with one attached hydrogen (secondary N) is 1. The molecule has 2 bridgehead atoms. The van der Waals surface area contributed by atoms with Crippen LogP contribution in [0.2, 0.25) is 0 Å². The Bertz CT molecular complexity index is 965. The lowest BCUT2D eigenvalue weighted by Gasteiger charge is -2.31. The number of H-pyrrole nitrogens is 1. The smallest absolute Gasteiger partial charge is 0.0533 e. The number of aromatic nitrogens is 2. The van der Waals surface area contributed by atoms with E-state index in [1.807, 2.05) is 13.1 Å². The molecule has 1 N–H and O–H groups in total. The third-order valence-corrected chi connectivity index (χ3v) is 5.99. The van der Waals surface area contributed by atoms with Crippen molar-refractivity contribution >= 4 is 23.1 Å². The third kappa shape index (κ3) is 2.34. The third-order valence-electron chi connectivity index (χ3n) is 5.99. The number of rotatable bonds is 2. The Morgan fingerprint density at radius 1 is 1.16 bits per heavy atom. The summed E-state index contributed by atoms with van der Waals surface area (Å²) in [5.74, 6) is 0. The number of nitrogens with zero attached hydrogens (tertiary/aromatic N) is 2. The van der Waals surface area contributed by atoms with Gasteiger partial charge in [-0.25, -0.2) is 0 Å². The van der Waals surface area contributed by atoms with E-state index in [0.29, 0.717) is 12.1 Å². The minimum atomic E-state index is 0.586. The molecule has 3 nitrogen and oxygen atoms in total. The zero-order valence-electron chi connectivity index (χ0n) is 14.8. The van der Waals surface area contributed by atoms with Gasteiger partial charge in [0.2, 0.25) is 0 Å². The SMILES string of the molecule is Cc1ccc(/C=C/c2cccc3c4c([nH]c23)C[C@@H]2CC[C@H]4N2C)cn1. The molecule has 3 heteroatoms. The van der Waals surface area contributed by atoms with E-state index in [1.165, 1.54) is 35.0 Å². The molecule has 1 aromatic carbocycles. The average molecular weight is 329 g/mol. The molecule has 5 rings (SSSR count). The lowest BCUT2D eigenvalue weighted by molar-refractivity contribution is 0.224. The number of aryl methyl sites for hydroxylation is 1. The van der Waals surface area contributed by atoms with Gasteiger partial charge >= 0.3 is 0 Å². The summed E-state index contributed by atoms with van der Waals surface area (Å²) in [6, 6.07) is 12.1. The second-order valence-corrected chi connectivity index (χ2v) is 7.47. The second-order valence-electron chi connectivity index (χ2n) is 7.47. The summed E-state index contributed by atoms with van der Waals surface area (Å²) >= 11 is 0. The van der Waals surface area contributed by atoms with Gasteiger partial charge in [0.05, 0.1) is 5.52 Å². The lowest BCUT2D eigenvalue weighted by atomic mass is 9.97. The first-order valence-corrected chi connectivity index (χ1v) is 9.17. The summed E-state index contributed by atoms with van der Waals surface area (Å²) in [7, 11) is 2.29. The molecular weight excluding hydrogens is 306 g/mol. The molecule has 0 saturated carbocycles. The predicted molar refractivity (Wildman–Crippen MR) is 103 cm³/mol. The van der Waals surface area contributed by atoms with E-state index in [0.717, 1.165) is 17.7 Å². The molecule has 4 heterocycles. The molecule has 0 unspecified atom stereocenters. The molecule has 1 fully saturated rings. The Morgan fingerprint density at radius 3 is 2.92 bits per heavy atom. The monoisotopic (exact) mass is 329 g/mol. The van der Waals surface area contributed by atoms with Crippen molar-refractivity contribution in [2.45, 2.75) is 38.3 Å². The fraction of sp³-hybridized carbons (Fsp3) is 0.318. The summed E-state index contributed by atoms with van der Waals surface area (Å²) in [5.41, 5.74) is 7.72. The molecule has 3 aromatic rings. The zero-order chi connectivity index (χ0) is 17.0. The van der Waals surface area contributed by atoms with Crippen molar-refractivity contribution in [3.63, 3.8) is 0 Å². The molecule has 126 valence electrons. The fourth-order valence-electron chi connectivity index (χ4n) is 4.60. The van der Waals surface area contributed by atoms with Crippen LogP contribution < -0.4 is 0 Å². The van der Waals surface area contributed by atoms with E-state index < -0.39 is 0 Å². The summed E-state index contributed by atoms with van der Waals surface area (Å²) in [6.07, 6.45) is 10.1. The van der Waals surface area contributed by atoms with Crippen LogP contribution in [0.5, 0.6) is 0 Å². The van der Waals surface area contributed by atoms with Crippen molar-refractivity contribution in [1.29, 1.82) is 0 Å². The van der Waals surface area contributed by atoms with Gasteiger partial charge in [0.1, 0.15) is 0 Å². The Kier molecular flexibility index (Phi) is 3.32. The fourth-order valence-corrected chi connectivity index (χ4v) is 4.60. The molecule has 2 aliphatic rings. The maximum Gasteiger partial charge on any atom is 0.0533 e. The topological polar surface area (TPSA) is 31.9 Å². The van der Waals surface area contributed by atoms with Crippen LogP contribution in [0.15, 0.2) is 36.5 Å². The molecule has 25 heavy (non-hydrogen) atoms. The van der Waals surface area contributed by atoms with E-state index >= 15 is 0 Å². The average Bonchev–Trinajstić information content (AvgIpc) is 3.09. The van der Waals surface area contributed by atoms with Crippen LogP contribution in [0.25, 0.3) is 23.1 Å². The van der Waals surface area contributed by atoms with E-state index in [-0.39, 0.29) is 0 Å². The van der Waals surface area contributed by atoms with Gasteiger partial charge in [0.15, 0.2) is 0 Å². The van der Waals surface area contributed by atoms with E-state index in [2.05, 4.69) is 64.4 Å². The van der Waals surface area contributed by atoms with Gasteiger partial charge < -0.3 is 4.98 Å². The van der Waals surface area contributed by atoms with Crippen LogP contribution in [0.3, 0.4) is 0 Å². The van der Waals surface area contributed by atoms with Crippen LogP contribution in [0, 0.1) is 6.92 Å². The van der Waals surface area contributed by atoms with Crippen molar-refractivity contribution in [3.05, 3.63) is 64.6 Å². The summed E-state index contributed by atoms with van der Waals surface area (Å²) in [5, 5.41) is 1.40. The molecule has 0 spiro atoms. The van der Waals surface area contributed by atoms with Gasteiger partial charge in [-0.3, -0.25) is 9.88 Å². The zero-order valence-corrected chi connectivity index (χ0v) is 14.8. The molecule has 1 saturated heterocycles. The van der Waals surface area contributed by atoms with Crippen molar-refractivity contribution in [3.8, 4) is 0 Å². The van der Waals surface area contributed by atoms with Crippen LogP contribution in [-0.2, 0) is 6.42 Å². The van der Waals surface area contributed by atoms with Crippen LogP contribution >= 0.6 is 0 Å². The van der Waals surface area contributed by atoms with Crippen LogP contribution in [0.1, 0.15) is 47.0 Å². The number of hydrogen-bond donors (Lipinski definition) is 1. The van der Waals surface area contributed by atoms with Crippen molar-refractivity contribution in [1.82, 2.24) is 14.9 Å². The summed E-state index contributed by atoms with van der Waals surface area (Å²) in [4.78, 5) is 10.7. The minimum absolute atomic E-state index is 0.586. The highest BCUT2D eigenvalue weighted by atomic mass is 15.2. The first-order valence-electron chi connectivity index (χ1n) is 9.17. The normalized spacial score (nSPS) is 22.8. The number of benzene rings is 1. The highest BCUT2D eigenvalue weighted by Crippen LogP contribution is 2.45. The number of aromatic amines is 1. The Morgan fingerprint density at radius 2 is 2.08 bits per heavy atom. The van der Waals surface area contributed by atoms with Gasteiger partial charge in [-0.05, 0) is 49.6 Å². The van der Waals surface area contributed by atoms with Crippen molar-refractivity contribution < 1.29 is 0 Å².